The predicted octanol–water partition coefficient (Wildman–Crippen LogP) is 2.64. The van der Waals surface area contributed by atoms with Crippen molar-refractivity contribution in [3.8, 4) is 0 Å². The Morgan fingerprint density at radius 3 is 2.63 bits per heavy atom. The number of amides is 1. The summed E-state index contributed by atoms with van der Waals surface area (Å²) in [7, 11) is 0. The fourth-order valence-electron chi connectivity index (χ4n) is 1.42. The van der Waals surface area contributed by atoms with Crippen molar-refractivity contribution >= 4 is 34.8 Å². The standard InChI is InChI=1S/C13H16Cl2N2O2/c1-8(18)7-17-13(19)5-4-12(16)9-2-3-10(14)11(15)6-9/h2-3,6,8,16,18H,4-5,7H2,1H3,(H,17,19). The summed E-state index contributed by atoms with van der Waals surface area (Å²) in [5, 5.41) is 20.3. The maximum absolute atomic E-state index is 11.4. The minimum absolute atomic E-state index is 0.189. The molecule has 0 fully saturated rings. The smallest absolute Gasteiger partial charge is 0.220 e. The van der Waals surface area contributed by atoms with Gasteiger partial charge in [-0.25, -0.2) is 0 Å². The van der Waals surface area contributed by atoms with Gasteiger partial charge in [-0.05, 0) is 31.0 Å². The van der Waals surface area contributed by atoms with Crippen molar-refractivity contribution in [2.24, 2.45) is 0 Å². The first-order chi connectivity index (χ1) is 8.90. The van der Waals surface area contributed by atoms with Crippen LogP contribution < -0.4 is 5.32 Å². The Balaban J connectivity index is 2.47. The van der Waals surface area contributed by atoms with Crippen LogP contribution in [0.15, 0.2) is 18.2 Å². The highest BCUT2D eigenvalue weighted by atomic mass is 35.5. The van der Waals surface area contributed by atoms with Crippen molar-refractivity contribution < 1.29 is 9.90 Å². The number of aliphatic hydroxyl groups is 1. The van der Waals surface area contributed by atoms with E-state index in [2.05, 4.69) is 5.32 Å². The third-order valence-electron chi connectivity index (χ3n) is 2.46. The lowest BCUT2D eigenvalue weighted by Gasteiger charge is -2.08. The molecule has 1 aromatic carbocycles. The molecular weight excluding hydrogens is 287 g/mol. The van der Waals surface area contributed by atoms with Crippen molar-refractivity contribution in [3.05, 3.63) is 33.8 Å². The van der Waals surface area contributed by atoms with E-state index in [0.29, 0.717) is 27.7 Å². The number of nitrogens with one attached hydrogen (secondary N) is 2. The molecule has 0 spiro atoms. The highest BCUT2D eigenvalue weighted by Crippen LogP contribution is 2.23. The predicted molar refractivity (Wildman–Crippen MR) is 77.2 cm³/mol. The van der Waals surface area contributed by atoms with Crippen molar-refractivity contribution in [2.75, 3.05) is 6.54 Å². The van der Waals surface area contributed by atoms with E-state index in [1.807, 2.05) is 0 Å². The average molecular weight is 303 g/mol. The summed E-state index contributed by atoms with van der Waals surface area (Å²) in [6, 6.07) is 4.94. The molecule has 1 atom stereocenters. The molecule has 1 amide bonds. The highest BCUT2D eigenvalue weighted by Gasteiger charge is 2.08. The molecule has 1 unspecified atom stereocenters. The van der Waals surface area contributed by atoms with Gasteiger partial charge in [0.05, 0.1) is 16.1 Å². The first kappa shape index (κ1) is 16.0. The number of rotatable bonds is 6. The molecular formula is C13H16Cl2N2O2. The Bertz CT molecular complexity index is 476. The van der Waals surface area contributed by atoms with Gasteiger partial charge in [-0.1, -0.05) is 29.3 Å². The van der Waals surface area contributed by atoms with Crippen molar-refractivity contribution in [1.29, 1.82) is 5.41 Å². The first-order valence-corrected chi connectivity index (χ1v) is 6.63. The van der Waals surface area contributed by atoms with E-state index >= 15 is 0 Å². The number of benzene rings is 1. The molecule has 0 heterocycles. The molecule has 0 aliphatic rings. The van der Waals surface area contributed by atoms with E-state index in [1.165, 1.54) is 0 Å². The fraction of sp³-hybridized carbons (Fsp3) is 0.385. The molecule has 1 rings (SSSR count). The maximum Gasteiger partial charge on any atom is 0.220 e. The minimum Gasteiger partial charge on any atom is -0.392 e. The Morgan fingerprint density at radius 2 is 2.05 bits per heavy atom. The third kappa shape index (κ3) is 5.59. The molecule has 0 aromatic heterocycles. The van der Waals surface area contributed by atoms with Gasteiger partial charge in [0.25, 0.3) is 0 Å². The minimum atomic E-state index is -0.571. The van der Waals surface area contributed by atoms with Gasteiger partial charge in [0.2, 0.25) is 5.91 Å². The number of hydrogen-bond donors (Lipinski definition) is 3. The molecule has 0 saturated carbocycles. The molecule has 104 valence electrons. The zero-order chi connectivity index (χ0) is 14.4. The summed E-state index contributed by atoms with van der Waals surface area (Å²) < 4.78 is 0. The van der Waals surface area contributed by atoms with Gasteiger partial charge in [-0.2, -0.15) is 0 Å². The van der Waals surface area contributed by atoms with Crippen LogP contribution in [0.3, 0.4) is 0 Å². The van der Waals surface area contributed by atoms with Gasteiger partial charge in [-0.15, -0.1) is 0 Å². The molecule has 0 aliphatic heterocycles. The van der Waals surface area contributed by atoms with Crippen LogP contribution in [0, 0.1) is 5.41 Å². The lowest BCUT2D eigenvalue weighted by molar-refractivity contribution is -0.121. The van der Waals surface area contributed by atoms with E-state index in [4.69, 9.17) is 33.7 Å². The van der Waals surface area contributed by atoms with Crippen LogP contribution in [0.1, 0.15) is 25.3 Å². The number of aliphatic hydroxyl groups excluding tert-OH is 1. The number of carbonyl (C=O) groups is 1. The summed E-state index contributed by atoms with van der Waals surface area (Å²) in [6.07, 6.45) is -0.0615. The summed E-state index contributed by atoms with van der Waals surface area (Å²) in [5.41, 5.74) is 0.975. The van der Waals surface area contributed by atoms with E-state index in [9.17, 15) is 4.79 Å². The first-order valence-electron chi connectivity index (χ1n) is 5.87. The van der Waals surface area contributed by atoms with Gasteiger partial charge in [0.1, 0.15) is 0 Å². The third-order valence-corrected chi connectivity index (χ3v) is 3.20. The topological polar surface area (TPSA) is 73.2 Å². The molecule has 0 aliphatic carbocycles. The van der Waals surface area contributed by atoms with E-state index in [1.54, 1.807) is 25.1 Å². The quantitative estimate of drug-likeness (QED) is 0.707. The second-order valence-corrected chi connectivity index (χ2v) is 5.07. The van der Waals surface area contributed by atoms with Crippen LogP contribution in [-0.2, 0) is 4.79 Å². The van der Waals surface area contributed by atoms with E-state index < -0.39 is 6.10 Å². The lowest BCUT2D eigenvalue weighted by Crippen LogP contribution is -2.30. The van der Waals surface area contributed by atoms with Crippen LogP contribution in [0.25, 0.3) is 0 Å². The van der Waals surface area contributed by atoms with Crippen LogP contribution in [0.5, 0.6) is 0 Å². The molecule has 0 saturated heterocycles. The molecule has 3 N–H and O–H groups in total. The SMILES string of the molecule is CC(O)CNC(=O)CCC(=N)c1ccc(Cl)c(Cl)c1. The number of hydrogen-bond acceptors (Lipinski definition) is 3. The van der Waals surface area contributed by atoms with Gasteiger partial charge in [0, 0.05) is 18.7 Å². The summed E-state index contributed by atoms with van der Waals surface area (Å²) in [5.74, 6) is -0.189. The normalized spacial score (nSPS) is 12.0. The second-order valence-electron chi connectivity index (χ2n) is 4.26. The molecule has 19 heavy (non-hydrogen) atoms. The van der Waals surface area contributed by atoms with Crippen molar-refractivity contribution in [3.63, 3.8) is 0 Å². The Morgan fingerprint density at radius 1 is 1.37 bits per heavy atom. The summed E-state index contributed by atoms with van der Waals surface area (Å²) in [6.45, 7) is 1.82. The van der Waals surface area contributed by atoms with Crippen LogP contribution in [0.2, 0.25) is 10.0 Å². The zero-order valence-electron chi connectivity index (χ0n) is 10.5. The second kappa shape index (κ2) is 7.48. The van der Waals surface area contributed by atoms with Crippen molar-refractivity contribution in [1.82, 2.24) is 5.32 Å². The van der Waals surface area contributed by atoms with Gasteiger partial charge in [0.15, 0.2) is 0 Å². The van der Waals surface area contributed by atoms with Crippen LogP contribution in [-0.4, -0.2) is 29.4 Å². The molecule has 4 nitrogen and oxygen atoms in total. The molecule has 0 radical (unpaired) electrons. The largest absolute Gasteiger partial charge is 0.392 e. The van der Waals surface area contributed by atoms with Crippen LogP contribution >= 0.6 is 23.2 Å². The maximum atomic E-state index is 11.4. The summed E-state index contributed by atoms with van der Waals surface area (Å²) in [4.78, 5) is 11.4. The molecule has 6 heteroatoms. The Kier molecular flexibility index (Phi) is 6.28. The Hall–Kier alpha value is -1.10. The molecule has 1 aromatic rings. The van der Waals surface area contributed by atoms with Crippen LogP contribution in [0.4, 0.5) is 0 Å². The van der Waals surface area contributed by atoms with Crippen molar-refractivity contribution in [2.45, 2.75) is 25.9 Å². The molecule has 0 bridgehead atoms. The van der Waals surface area contributed by atoms with Gasteiger partial charge in [-0.3, -0.25) is 4.79 Å². The number of halogens is 2. The monoisotopic (exact) mass is 302 g/mol. The highest BCUT2D eigenvalue weighted by molar-refractivity contribution is 6.42. The summed E-state index contributed by atoms with van der Waals surface area (Å²) >= 11 is 11.7. The van der Waals surface area contributed by atoms with Gasteiger partial charge < -0.3 is 15.8 Å². The number of carbonyl (C=O) groups excluding carboxylic acids is 1. The fourth-order valence-corrected chi connectivity index (χ4v) is 1.71. The Labute approximate surface area is 122 Å². The average Bonchev–Trinajstić information content (AvgIpc) is 2.36. The zero-order valence-corrected chi connectivity index (χ0v) is 12.1. The van der Waals surface area contributed by atoms with E-state index in [0.717, 1.165) is 0 Å². The van der Waals surface area contributed by atoms with Gasteiger partial charge >= 0.3 is 0 Å². The lowest BCUT2D eigenvalue weighted by atomic mass is 10.1. The van der Waals surface area contributed by atoms with E-state index in [-0.39, 0.29) is 18.9 Å².